The van der Waals surface area contributed by atoms with Crippen LogP contribution in [-0.2, 0) is 6.54 Å². The number of aromatic amines is 1. The maximum atomic E-state index is 13.6. The Bertz CT molecular complexity index is 1440. The lowest BCUT2D eigenvalue weighted by Gasteiger charge is -2.39. The van der Waals surface area contributed by atoms with Gasteiger partial charge in [0.25, 0.3) is 5.56 Å². The van der Waals surface area contributed by atoms with Crippen molar-refractivity contribution >= 4 is 10.9 Å². The summed E-state index contributed by atoms with van der Waals surface area (Å²) in [4.78, 5) is 21.6. The van der Waals surface area contributed by atoms with Crippen LogP contribution >= 0.6 is 0 Å². The summed E-state index contributed by atoms with van der Waals surface area (Å²) < 4.78 is 7.76. The zero-order valence-electron chi connectivity index (χ0n) is 22.6. The second-order valence-corrected chi connectivity index (χ2v) is 10.7. The number of tetrazole rings is 1. The van der Waals surface area contributed by atoms with Crippen molar-refractivity contribution in [1.29, 1.82) is 0 Å². The summed E-state index contributed by atoms with van der Waals surface area (Å²) in [6.45, 7) is 6.97. The maximum absolute atomic E-state index is 13.6. The summed E-state index contributed by atoms with van der Waals surface area (Å²) in [6.07, 6.45) is 5.77. The van der Waals surface area contributed by atoms with Crippen molar-refractivity contribution < 1.29 is 4.74 Å². The van der Waals surface area contributed by atoms with E-state index >= 15 is 0 Å². The molecule has 9 heteroatoms. The van der Waals surface area contributed by atoms with Crippen LogP contribution in [0.15, 0.2) is 59.4 Å². The van der Waals surface area contributed by atoms with Gasteiger partial charge in [0.1, 0.15) is 11.8 Å². The van der Waals surface area contributed by atoms with Crippen molar-refractivity contribution in [1.82, 2.24) is 35.0 Å². The van der Waals surface area contributed by atoms with Crippen LogP contribution in [0.5, 0.6) is 5.75 Å². The van der Waals surface area contributed by atoms with Crippen molar-refractivity contribution in [3.8, 4) is 5.75 Å². The van der Waals surface area contributed by atoms with Gasteiger partial charge in [-0.15, -0.1) is 5.10 Å². The molecule has 0 spiro atoms. The molecule has 204 valence electrons. The third kappa shape index (κ3) is 5.60. The van der Waals surface area contributed by atoms with Gasteiger partial charge < -0.3 is 9.72 Å². The first-order chi connectivity index (χ1) is 19.2. The quantitative estimate of drug-likeness (QED) is 0.365. The van der Waals surface area contributed by atoms with Crippen molar-refractivity contribution in [3.05, 3.63) is 81.9 Å². The van der Waals surface area contributed by atoms with Gasteiger partial charge in [-0.1, -0.05) is 49.6 Å². The number of aromatic nitrogens is 5. The van der Waals surface area contributed by atoms with Gasteiger partial charge in [-0.25, -0.2) is 4.68 Å². The van der Waals surface area contributed by atoms with Crippen LogP contribution in [0.1, 0.15) is 68.1 Å². The van der Waals surface area contributed by atoms with E-state index in [1.807, 2.05) is 35.9 Å². The summed E-state index contributed by atoms with van der Waals surface area (Å²) in [7, 11) is 0. The van der Waals surface area contributed by atoms with Gasteiger partial charge in [0.15, 0.2) is 5.82 Å². The van der Waals surface area contributed by atoms with Crippen LogP contribution in [0.3, 0.4) is 0 Å². The molecule has 2 aliphatic rings. The van der Waals surface area contributed by atoms with E-state index in [2.05, 4.69) is 60.6 Å². The topological polar surface area (TPSA) is 92.2 Å². The molecule has 2 fully saturated rings. The highest BCUT2D eigenvalue weighted by Crippen LogP contribution is 2.34. The number of rotatable bonds is 8. The highest BCUT2D eigenvalue weighted by atomic mass is 16.5. The third-order valence-corrected chi connectivity index (χ3v) is 8.15. The smallest absolute Gasteiger partial charge is 0.253 e. The molecule has 9 nitrogen and oxygen atoms in total. The van der Waals surface area contributed by atoms with Crippen LogP contribution in [0.2, 0.25) is 0 Å². The lowest BCUT2D eigenvalue weighted by molar-refractivity contribution is 0.0982. The van der Waals surface area contributed by atoms with Gasteiger partial charge in [-0.2, -0.15) is 0 Å². The minimum atomic E-state index is -0.329. The number of H-pyrrole nitrogens is 1. The van der Waals surface area contributed by atoms with Gasteiger partial charge in [0.05, 0.1) is 12.6 Å². The number of hydrogen-bond acceptors (Lipinski definition) is 7. The van der Waals surface area contributed by atoms with Crippen LogP contribution in [0.4, 0.5) is 0 Å². The first kappa shape index (κ1) is 25.7. The normalized spacial score (nSPS) is 18.4. The van der Waals surface area contributed by atoms with Crippen LogP contribution in [0, 0.1) is 0 Å². The molecule has 2 aromatic heterocycles. The molecule has 39 heavy (non-hydrogen) atoms. The van der Waals surface area contributed by atoms with E-state index in [4.69, 9.17) is 4.74 Å². The van der Waals surface area contributed by atoms with Crippen molar-refractivity contribution in [2.45, 2.75) is 57.7 Å². The standard InChI is InChI=1S/C30H37N7O2/c1-2-39-25-13-14-27-23(19-25)20-26(30(38)31-27)28(29-32-33-34-37(29)24-11-7-4-8-12-24)36-17-15-35(16-18-36)21-22-9-5-3-6-10-22/h3,5-6,9-10,13-14,19-20,24,28H,2,4,7-8,11-12,15-18,21H2,1H3,(H,31,38). The van der Waals surface area contributed by atoms with Gasteiger partial charge in [0.2, 0.25) is 0 Å². The number of piperazine rings is 1. The first-order valence-corrected chi connectivity index (χ1v) is 14.3. The molecule has 6 rings (SSSR count). The number of ether oxygens (including phenoxy) is 1. The average molecular weight is 528 g/mol. The summed E-state index contributed by atoms with van der Waals surface area (Å²) in [5.74, 6) is 1.56. The minimum absolute atomic E-state index is 0.0958. The van der Waals surface area contributed by atoms with Gasteiger partial charge in [0, 0.05) is 49.2 Å². The van der Waals surface area contributed by atoms with E-state index in [0.717, 1.165) is 68.0 Å². The molecule has 1 atom stereocenters. The van der Waals surface area contributed by atoms with Crippen molar-refractivity contribution in [3.63, 3.8) is 0 Å². The molecular weight excluding hydrogens is 490 g/mol. The number of hydrogen-bond donors (Lipinski definition) is 1. The molecule has 0 radical (unpaired) electrons. The van der Waals surface area contributed by atoms with Crippen LogP contribution < -0.4 is 10.3 Å². The van der Waals surface area contributed by atoms with E-state index < -0.39 is 0 Å². The second kappa shape index (κ2) is 11.7. The summed E-state index contributed by atoms with van der Waals surface area (Å²) >= 11 is 0. The average Bonchev–Trinajstić information content (AvgIpc) is 3.45. The Morgan fingerprint density at radius 2 is 1.79 bits per heavy atom. The highest BCUT2D eigenvalue weighted by molar-refractivity contribution is 5.80. The predicted molar refractivity (Wildman–Crippen MR) is 151 cm³/mol. The number of benzene rings is 2. The minimum Gasteiger partial charge on any atom is -0.494 e. The molecular formula is C30H37N7O2. The molecule has 1 N–H and O–H groups in total. The molecule has 2 aromatic carbocycles. The molecule has 3 heterocycles. The Hall–Kier alpha value is -3.56. The largest absolute Gasteiger partial charge is 0.494 e. The molecule has 1 saturated heterocycles. The molecule has 1 aliphatic heterocycles. The SMILES string of the molecule is CCOc1ccc2[nH]c(=O)c(C(c3nnnn3C3CCCCC3)N3CCN(Cc4ccccc4)CC3)cc2c1. The number of nitrogens with zero attached hydrogens (tertiary/aromatic N) is 6. The zero-order valence-corrected chi connectivity index (χ0v) is 22.6. The Morgan fingerprint density at radius 3 is 2.56 bits per heavy atom. The van der Waals surface area contributed by atoms with Crippen molar-refractivity contribution in [2.75, 3.05) is 32.8 Å². The van der Waals surface area contributed by atoms with Crippen LogP contribution in [-0.4, -0.2) is 67.8 Å². The summed E-state index contributed by atoms with van der Waals surface area (Å²) in [5, 5.41) is 14.1. The summed E-state index contributed by atoms with van der Waals surface area (Å²) in [6, 6.07) is 18.4. The predicted octanol–water partition coefficient (Wildman–Crippen LogP) is 4.33. The van der Waals surface area contributed by atoms with E-state index in [1.165, 1.54) is 24.8 Å². The molecule has 4 aromatic rings. The van der Waals surface area contributed by atoms with Gasteiger partial charge in [-0.05, 0) is 60.0 Å². The van der Waals surface area contributed by atoms with Crippen LogP contribution in [0.25, 0.3) is 10.9 Å². The maximum Gasteiger partial charge on any atom is 0.253 e. The van der Waals surface area contributed by atoms with E-state index in [0.29, 0.717) is 12.2 Å². The molecule has 0 amide bonds. The number of nitrogens with one attached hydrogen (secondary N) is 1. The Balaban J connectivity index is 1.35. The van der Waals surface area contributed by atoms with E-state index in [9.17, 15) is 4.79 Å². The fourth-order valence-corrected chi connectivity index (χ4v) is 6.15. The first-order valence-electron chi connectivity index (χ1n) is 14.3. The molecule has 0 bridgehead atoms. The Kier molecular flexibility index (Phi) is 7.69. The number of fused-ring (bicyclic) bond motifs is 1. The fraction of sp³-hybridized carbons (Fsp3) is 0.467. The fourth-order valence-electron chi connectivity index (χ4n) is 6.15. The number of pyridine rings is 1. The molecule has 1 saturated carbocycles. The van der Waals surface area contributed by atoms with Gasteiger partial charge in [-0.3, -0.25) is 14.6 Å². The zero-order chi connectivity index (χ0) is 26.6. The third-order valence-electron chi connectivity index (χ3n) is 8.15. The second-order valence-electron chi connectivity index (χ2n) is 10.7. The Morgan fingerprint density at radius 1 is 1.00 bits per heavy atom. The van der Waals surface area contributed by atoms with Gasteiger partial charge >= 0.3 is 0 Å². The summed E-state index contributed by atoms with van der Waals surface area (Å²) in [5.41, 5.74) is 2.70. The molecule has 1 aliphatic carbocycles. The van der Waals surface area contributed by atoms with E-state index in [-0.39, 0.29) is 17.6 Å². The highest BCUT2D eigenvalue weighted by Gasteiger charge is 2.34. The van der Waals surface area contributed by atoms with E-state index in [1.54, 1.807) is 0 Å². The van der Waals surface area contributed by atoms with Crippen molar-refractivity contribution in [2.24, 2.45) is 0 Å². The molecule has 1 unspecified atom stereocenters. The monoisotopic (exact) mass is 527 g/mol. The lowest BCUT2D eigenvalue weighted by Crippen LogP contribution is -2.48. The Labute approximate surface area is 228 Å². The lowest BCUT2D eigenvalue weighted by atomic mass is 9.95.